The Hall–Kier alpha value is -2.02. The van der Waals surface area contributed by atoms with E-state index >= 15 is 0 Å². The average molecular weight is 357 g/mol. The first-order valence-electron chi connectivity index (χ1n) is 6.01. The van der Waals surface area contributed by atoms with Gasteiger partial charge in [0, 0.05) is 28.2 Å². The molecule has 4 nitrogen and oxygen atoms in total. The van der Waals surface area contributed by atoms with Gasteiger partial charge in [-0.15, -0.1) is 0 Å². The third kappa shape index (κ3) is 3.36. The standard InChI is InChI=1S/C14H11BrF2N2O2/c1-8-5-10(15)12(6-13(8)19(20)21)18-7-9-3-2-4-11(16)14(9)17/h2-6,18H,7H2,1H3. The number of nitro benzene ring substituents is 1. The van der Waals surface area contributed by atoms with Crippen LogP contribution in [0.5, 0.6) is 0 Å². The molecular weight excluding hydrogens is 346 g/mol. The van der Waals surface area contributed by atoms with Crippen LogP contribution >= 0.6 is 15.9 Å². The van der Waals surface area contributed by atoms with E-state index in [1.54, 1.807) is 13.0 Å². The summed E-state index contributed by atoms with van der Waals surface area (Å²) in [5.41, 5.74) is 1.05. The molecule has 110 valence electrons. The highest BCUT2D eigenvalue weighted by atomic mass is 79.9. The van der Waals surface area contributed by atoms with E-state index < -0.39 is 16.6 Å². The average Bonchev–Trinajstić information content (AvgIpc) is 2.41. The van der Waals surface area contributed by atoms with Crippen LogP contribution in [0.2, 0.25) is 0 Å². The van der Waals surface area contributed by atoms with E-state index in [1.807, 2.05) is 0 Å². The first-order chi connectivity index (χ1) is 9.90. The van der Waals surface area contributed by atoms with E-state index in [0.717, 1.165) is 6.07 Å². The van der Waals surface area contributed by atoms with Crippen molar-refractivity contribution in [1.82, 2.24) is 0 Å². The fourth-order valence-electron chi connectivity index (χ4n) is 1.87. The fraction of sp³-hybridized carbons (Fsp3) is 0.143. The summed E-state index contributed by atoms with van der Waals surface area (Å²) in [5, 5.41) is 13.8. The molecule has 2 aromatic rings. The maximum Gasteiger partial charge on any atom is 0.274 e. The van der Waals surface area contributed by atoms with Gasteiger partial charge in [0.25, 0.3) is 5.69 Å². The van der Waals surface area contributed by atoms with Crippen molar-refractivity contribution in [2.45, 2.75) is 13.5 Å². The molecule has 0 bridgehead atoms. The molecule has 1 N–H and O–H groups in total. The molecular formula is C14H11BrF2N2O2. The molecule has 21 heavy (non-hydrogen) atoms. The lowest BCUT2D eigenvalue weighted by Gasteiger charge is -2.10. The van der Waals surface area contributed by atoms with Crippen LogP contribution in [0.1, 0.15) is 11.1 Å². The van der Waals surface area contributed by atoms with Crippen LogP contribution in [-0.4, -0.2) is 4.92 Å². The zero-order valence-electron chi connectivity index (χ0n) is 11.0. The van der Waals surface area contributed by atoms with Gasteiger partial charge < -0.3 is 5.32 Å². The number of nitrogens with one attached hydrogen (secondary N) is 1. The summed E-state index contributed by atoms with van der Waals surface area (Å²) in [4.78, 5) is 10.4. The molecule has 0 heterocycles. The van der Waals surface area contributed by atoms with Gasteiger partial charge in [-0.1, -0.05) is 12.1 Å². The Morgan fingerprint density at radius 1 is 1.33 bits per heavy atom. The lowest BCUT2D eigenvalue weighted by Crippen LogP contribution is -2.04. The molecule has 0 aromatic heterocycles. The van der Waals surface area contributed by atoms with Gasteiger partial charge in [0.1, 0.15) is 0 Å². The number of hydrogen-bond acceptors (Lipinski definition) is 3. The van der Waals surface area contributed by atoms with E-state index in [1.165, 1.54) is 18.2 Å². The lowest BCUT2D eigenvalue weighted by molar-refractivity contribution is -0.385. The molecule has 0 fully saturated rings. The fourth-order valence-corrected chi connectivity index (χ4v) is 2.47. The maximum atomic E-state index is 13.5. The molecule has 0 radical (unpaired) electrons. The van der Waals surface area contributed by atoms with Crippen molar-refractivity contribution in [3.8, 4) is 0 Å². The van der Waals surface area contributed by atoms with Gasteiger partial charge in [-0.25, -0.2) is 8.78 Å². The number of hydrogen-bond donors (Lipinski definition) is 1. The van der Waals surface area contributed by atoms with E-state index in [2.05, 4.69) is 21.2 Å². The van der Waals surface area contributed by atoms with Gasteiger partial charge >= 0.3 is 0 Å². The minimum atomic E-state index is -0.928. The quantitative estimate of drug-likeness (QED) is 0.645. The molecule has 0 aliphatic carbocycles. The number of benzene rings is 2. The Bertz CT molecular complexity index is 708. The normalized spacial score (nSPS) is 10.5. The van der Waals surface area contributed by atoms with Crippen LogP contribution in [0.3, 0.4) is 0 Å². The van der Waals surface area contributed by atoms with Gasteiger partial charge in [-0.3, -0.25) is 10.1 Å². The van der Waals surface area contributed by atoms with Crippen LogP contribution in [-0.2, 0) is 6.54 Å². The Morgan fingerprint density at radius 3 is 2.71 bits per heavy atom. The SMILES string of the molecule is Cc1cc(Br)c(NCc2cccc(F)c2F)cc1[N+](=O)[O-]. The Kier molecular flexibility index (Phi) is 4.52. The van der Waals surface area contributed by atoms with Crippen molar-refractivity contribution in [3.63, 3.8) is 0 Å². The van der Waals surface area contributed by atoms with Gasteiger partial charge in [0.15, 0.2) is 11.6 Å². The molecule has 2 aromatic carbocycles. The third-order valence-corrected chi connectivity index (χ3v) is 3.64. The molecule has 0 saturated heterocycles. The monoisotopic (exact) mass is 356 g/mol. The molecule has 0 aliphatic rings. The van der Waals surface area contributed by atoms with Crippen molar-refractivity contribution in [3.05, 3.63) is 67.7 Å². The zero-order valence-corrected chi connectivity index (χ0v) is 12.6. The highest BCUT2D eigenvalue weighted by Crippen LogP contribution is 2.31. The molecule has 0 unspecified atom stereocenters. The van der Waals surface area contributed by atoms with Crippen molar-refractivity contribution >= 4 is 27.3 Å². The van der Waals surface area contributed by atoms with Crippen LogP contribution in [0.15, 0.2) is 34.8 Å². The highest BCUT2D eigenvalue weighted by molar-refractivity contribution is 9.10. The molecule has 0 amide bonds. The van der Waals surface area contributed by atoms with Crippen LogP contribution in [0, 0.1) is 28.7 Å². The second-order valence-electron chi connectivity index (χ2n) is 4.44. The number of nitro groups is 1. The van der Waals surface area contributed by atoms with Crippen LogP contribution in [0.25, 0.3) is 0 Å². The van der Waals surface area contributed by atoms with Crippen molar-refractivity contribution in [2.24, 2.45) is 0 Å². The first-order valence-corrected chi connectivity index (χ1v) is 6.80. The third-order valence-electron chi connectivity index (χ3n) is 2.98. The second kappa shape index (κ2) is 6.17. The summed E-state index contributed by atoms with van der Waals surface area (Å²) in [5.74, 6) is -1.86. The Morgan fingerprint density at radius 2 is 2.05 bits per heavy atom. The topological polar surface area (TPSA) is 55.2 Å². The van der Waals surface area contributed by atoms with Crippen molar-refractivity contribution in [1.29, 1.82) is 0 Å². The number of anilines is 1. The molecule has 0 spiro atoms. The molecule has 0 aliphatic heterocycles. The predicted octanol–water partition coefficient (Wildman–Crippen LogP) is 4.56. The summed E-state index contributed by atoms with van der Waals surface area (Å²) in [7, 11) is 0. The summed E-state index contributed by atoms with van der Waals surface area (Å²) in [6.45, 7) is 1.64. The van der Waals surface area contributed by atoms with Gasteiger partial charge in [-0.2, -0.15) is 0 Å². The predicted molar refractivity (Wildman–Crippen MR) is 79.2 cm³/mol. The molecule has 2 rings (SSSR count). The molecule has 7 heteroatoms. The number of halogens is 3. The molecule has 0 saturated carbocycles. The smallest absolute Gasteiger partial charge is 0.274 e. The largest absolute Gasteiger partial charge is 0.380 e. The Labute approximate surface area is 128 Å². The summed E-state index contributed by atoms with van der Waals surface area (Å²) < 4.78 is 27.3. The van der Waals surface area contributed by atoms with Crippen LogP contribution in [0.4, 0.5) is 20.2 Å². The second-order valence-corrected chi connectivity index (χ2v) is 5.30. The van der Waals surface area contributed by atoms with Crippen LogP contribution < -0.4 is 5.32 Å². The summed E-state index contributed by atoms with van der Waals surface area (Å²) in [6, 6.07) is 6.84. The molecule has 0 atom stereocenters. The summed E-state index contributed by atoms with van der Waals surface area (Å²) in [6.07, 6.45) is 0. The number of aryl methyl sites for hydroxylation is 1. The zero-order chi connectivity index (χ0) is 15.6. The van der Waals surface area contributed by atoms with E-state index in [-0.39, 0.29) is 17.8 Å². The Balaban J connectivity index is 2.26. The van der Waals surface area contributed by atoms with Gasteiger partial charge in [-0.05, 0) is 35.0 Å². The number of rotatable bonds is 4. The number of nitrogens with zero attached hydrogens (tertiary/aromatic N) is 1. The van der Waals surface area contributed by atoms with E-state index in [0.29, 0.717) is 15.7 Å². The van der Waals surface area contributed by atoms with Crippen molar-refractivity contribution < 1.29 is 13.7 Å². The van der Waals surface area contributed by atoms with Gasteiger partial charge in [0.05, 0.1) is 10.6 Å². The van der Waals surface area contributed by atoms with E-state index in [4.69, 9.17) is 0 Å². The minimum absolute atomic E-state index is 0.0163. The lowest BCUT2D eigenvalue weighted by atomic mass is 10.1. The summed E-state index contributed by atoms with van der Waals surface area (Å²) >= 11 is 3.28. The van der Waals surface area contributed by atoms with E-state index in [9.17, 15) is 18.9 Å². The first kappa shape index (κ1) is 15.4. The highest BCUT2D eigenvalue weighted by Gasteiger charge is 2.15. The minimum Gasteiger partial charge on any atom is -0.380 e. The van der Waals surface area contributed by atoms with Gasteiger partial charge in [0.2, 0.25) is 0 Å². The maximum absolute atomic E-state index is 13.5. The van der Waals surface area contributed by atoms with Crippen molar-refractivity contribution in [2.75, 3.05) is 5.32 Å².